The van der Waals surface area contributed by atoms with Gasteiger partial charge in [-0.2, -0.15) is 0 Å². The van der Waals surface area contributed by atoms with E-state index in [1.165, 1.54) is 19.3 Å². The minimum Gasteiger partial charge on any atom is -0.367 e. The Balaban J connectivity index is 1.80. The van der Waals surface area contributed by atoms with Crippen molar-refractivity contribution in [2.75, 3.05) is 29.2 Å². The standard InChI is InChI=1S/C18H20N4O/c1-21-14-9-4-3-8-13(14)18(23)22(2)16-11-19-17(10-15(16)21)20-12-6-5-7-12/h3-4,8-12H,5-7H2,1-2H3,(H,19,20). The largest absolute Gasteiger partial charge is 0.367 e. The van der Waals surface area contributed by atoms with Gasteiger partial charge in [0, 0.05) is 26.2 Å². The zero-order chi connectivity index (χ0) is 16.0. The Morgan fingerprint density at radius 2 is 1.87 bits per heavy atom. The molecule has 1 aromatic heterocycles. The number of aromatic nitrogens is 1. The third kappa shape index (κ3) is 2.23. The van der Waals surface area contributed by atoms with E-state index < -0.39 is 0 Å². The molecule has 1 aliphatic heterocycles. The second-order valence-corrected chi connectivity index (χ2v) is 6.27. The van der Waals surface area contributed by atoms with E-state index in [1.807, 2.05) is 37.4 Å². The minimum absolute atomic E-state index is 0.00676. The summed E-state index contributed by atoms with van der Waals surface area (Å²) in [6, 6.07) is 10.3. The molecule has 5 nitrogen and oxygen atoms in total. The number of para-hydroxylation sites is 1. The maximum absolute atomic E-state index is 12.7. The third-order valence-corrected chi connectivity index (χ3v) is 4.84. The van der Waals surface area contributed by atoms with Crippen LogP contribution in [0.3, 0.4) is 0 Å². The van der Waals surface area contributed by atoms with E-state index in [4.69, 9.17) is 0 Å². The van der Waals surface area contributed by atoms with Crippen LogP contribution in [-0.2, 0) is 0 Å². The Morgan fingerprint density at radius 3 is 2.61 bits per heavy atom. The fraction of sp³-hybridized carbons (Fsp3) is 0.333. The smallest absolute Gasteiger partial charge is 0.260 e. The summed E-state index contributed by atoms with van der Waals surface area (Å²) in [5, 5.41) is 3.48. The first kappa shape index (κ1) is 14.1. The highest BCUT2D eigenvalue weighted by atomic mass is 16.2. The van der Waals surface area contributed by atoms with Crippen LogP contribution in [0.15, 0.2) is 36.5 Å². The van der Waals surface area contributed by atoms with E-state index in [1.54, 1.807) is 18.1 Å². The number of hydrogen-bond donors (Lipinski definition) is 1. The average molecular weight is 308 g/mol. The number of anilines is 4. The van der Waals surface area contributed by atoms with Gasteiger partial charge in [-0.1, -0.05) is 12.1 Å². The van der Waals surface area contributed by atoms with Crippen LogP contribution in [0.4, 0.5) is 22.9 Å². The van der Waals surface area contributed by atoms with Crippen LogP contribution < -0.4 is 15.1 Å². The molecule has 0 unspecified atom stereocenters. The summed E-state index contributed by atoms with van der Waals surface area (Å²) in [4.78, 5) is 21.0. The van der Waals surface area contributed by atoms with Crippen LogP contribution in [0, 0.1) is 0 Å². The summed E-state index contributed by atoms with van der Waals surface area (Å²) in [5.41, 5.74) is 3.45. The van der Waals surface area contributed by atoms with Crippen LogP contribution >= 0.6 is 0 Å². The molecular weight excluding hydrogens is 288 g/mol. The van der Waals surface area contributed by atoms with E-state index in [0.717, 1.165) is 22.9 Å². The van der Waals surface area contributed by atoms with Gasteiger partial charge in [0.2, 0.25) is 0 Å². The summed E-state index contributed by atoms with van der Waals surface area (Å²) in [5.74, 6) is 0.869. The van der Waals surface area contributed by atoms with Gasteiger partial charge in [0.25, 0.3) is 5.91 Å². The zero-order valence-corrected chi connectivity index (χ0v) is 13.4. The van der Waals surface area contributed by atoms with Crippen molar-refractivity contribution in [1.29, 1.82) is 0 Å². The van der Waals surface area contributed by atoms with Gasteiger partial charge in [0.05, 0.1) is 28.8 Å². The molecule has 1 amide bonds. The van der Waals surface area contributed by atoms with Crippen LogP contribution in [0.2, 0.25) is 0 Å². The van der Waals surface area contributed by atoms with Crippen LogP contribution in [-0.4, -0.2) is 31.0 Å². The van der Waals surface area contributed by atoms with E-state index in [-0.39, 0.29) is 5.91 Å². The van der Waals surface area contributed by atoms with Crippen LogP contribution in [0.25, 0.3) is 0 Å². The number of hydrogen-bond acceptors (Lipinski definition) is 4. The SMILES string of the molecule is CN1C(=O)c2ccccc2N(C)c2cc(NC3CCC3)ncc21. The van der Waals surface area contributed by atoms with E-state index in [0.29, 0.717) is 11.6 Å². The van der Waals surface area contributed by atoms with Gasteiger partial charge in [-0.25, -0.2) is 4.98 Å². The summed E-state index contributed by atoms with van der Waals surface area (Å²) >= 11 is 0. The van der Waals surface area contributed by atoms with Gasteiger partial charge in [-0.3, -0.25) is 4.79 Å². The Morgan fingerprint density at radius 1 is 1.09 bits per heavy atom. The molecule has 118 valence electrons. The normalized spacial score (nSPS) is 17.2. The highest BCUT2D eigenvalue weighted by molar-refractivity contribution is 6.13. The van der Waals surface area contributed by atoms with Crippen molar-refractivity contribution >= 4 is 28.8 Å². The molecule has 0 radical (unpaired) electrons. The number of amides is 1. The molecule has 1 saturated carbocycles. The van der Waals surface area contributed by atoms with Crippen LogP contribution in [0.5, 0.6) is 0 Å². The number of rotatable bonds is 2. The predicted octanol–water partition coefficient (Wildman–Crippen LogP) is 3.40. The van der Waals surface area contributed by atoms with E-state index in [2.05, 4.69) is 15.2 Å². The first-order valence-corrected chi connectivity index (χ1v) is 8.02. The predicted molar refractivity (Wildman–Crippen MR) is 92.7 cm³/mol. The number of fused-ring (bicyclic) bond motifs is 2. The van der Waals surface area contributed by atoms with E-state index >= 15 is 0 Å². The van der Waals surface area contributed by atoms with Crippen molar-refractivity contribution < 1.29 is 4.79 Å². The highest BCUT2D eigenvalue weighted by Crippen LogP contribution is 2.39. The average Bonchev–Trinajstić information content (AvgIpc) is 2.62. The first-order valence-electron chi connectivity index (χ1n) is 8.02. The Bertz CT molecular complexity index is 769. The third-order valence-electron chi connectivity index (χ3n) is 4.84. The molecule has 1 aromatic carbocycles. The molecule has 0 spiro atoms. The first-order chi connectivity index (χ1) is 11.1. The molecule has 5 heteroatoms. The van der Waals surface area contributed by atoms with Crippen molar-refractivity contribution in [3.63, 3.8) is 0 Å². The lowest BCUT2D eigenvalue weighted by molar-refractivity contribution is 0.0994. The summed E-state index contributed by atoms with van der Waals surface area (Å²) < 4.78 is 0. The Kier molecular flexibility index (Phi) is 3.22. The Labute approximate surface area is 135 Å². The second kappa shape index (κ2) is 5.26. The molecule has 0 saturated heterocycles. The van der Waals surface area contributed by atoms with Crippen molar-refractivity contribution in [1.82, 2.24) is 4.98 Å². The minimum atomic E-state index is -0.00676. The molecular formula is C18H20N4O. The number of pyridine rings is 1. The van der Waals surface area contributed by atoms with Crippen molar-refractivity contribution in [2.45, 2.75) is 25.3 Å². The van der Waals surface area contributed by atoms with Gasteiger partial charge in [0.1, 0.15) is 5.82 Å². The van der Waals surface area contributed by atoms with Gasteiger partial charge >= 0.3 is 0 Å². The number of nitrogens with one attached hydrogen (secondary N) is 1. The van der Waals surface area contributed by atoms with Gasteiger partial charge in [-0.15, -0.1) is 0 Å². The quantitative estimate of drug-likeness (QED) is 0.923. The monoisotopic (exact) mass is 308 g/mol. The van der Waals surface area contributed by atoms with Gasteiger partial charge < -0.3 is 15.1 Å². The molecule has 0 bridgehead atoms. The molecule has 23 heavy (non-hydrogen) atoms. The molecule has 0 atom stereocenters. The maximum Gasteiger partial charge on any atom is 0.260 e. The lowest BCUT2D eigenvalue weighted by atomic mass is 9.93. The van der Waals surface area contributed by atoms with Crippen molar-refractivity contribution in [2.24, 2.45) is 0 Å². The topological polar surface area (TPSA) is 48.5 Å². The van der Waals surface area contributed by atoms with Crippen molar-refractivity contribution in [3.05, 3.63) is 42.1 Å². The summed E-state index contributed by atoms with van der Waals surface area (Å²) in [6.07, 6.45) is 5.48. The summed E-state index contributed by atoms with van der Waals surface area (Å²) in [6.45, 7) is 0. The Hall–Kier alpha value is -2.56. The molecule has 2 aliphatic rings. The molecule has 1 N–H and O–H groups in total. The molecule has 2 aromatic rings. The van der Waals surface area contributed by atoms with Gasteiger partial charge in [0.15, 0.2) is 0 Å². The maximum atomic E-state index is 12.7. The molecule has 2 heterocycles. The fourth-order valence-corrected chi connectivity index (χ4v) is 3.17. The highest BCUT2D eigenvalue weighted by Gasteiger charge is 2.28. The van der Waals surface area contributed by atoms with Gasteiger partial charge in [-0.05, 0) is 31.4 Å². The number of carbonyl (C=O) groups is 1. The van der Waals surface area contributed by atoms with E-state index in [9.17, 15) is 4.79 Å². The summed E-state index contributed by atoms with van der Waals surface area (Å²) in [7, 11) is 3.80. The lowest BCUT2D eigenvalue weighted by Crippen LogP contribution is -2.28. The fourth-order valence-electron chi connectivity index (χ4n) is 3.17. The van der Waals surface area contributed by atoms with Crippen molar-refractivity contribution in [3.8, 4) is 0 Å². The number of benzene rings is 1. The zero-order valence-electron chi connectivity index (χ0n) is 13.4. The van der Waals surface area contributed by atoms with Crippen LogP contribution in [0.1, 0.15) is 29.6 Å². The lowest BCUT2D eigenvalue weighted by Gasteiger charge is -2.28. The molecule has 1 fully saturated rings. The number of nitrogens with zero attached hydrogens (tertiary/aromatic N) is 3. The number of carbonyl (C=O) groups excluding carboxylic acids is 1. The second-order valence-electron chi connectivity index (χ2n) is 6.27. The molecule has 4 rings (SSSR count). The molecule has 1 aliphatic carbocycles.